The lowest BCUT2D eigenvalue weighted by molar-refractivity contribution is 0.493. The number of hydrogen-bond donors (Lipinski definition) is 0. The zero-order chi connectivity index (χ0) is 6.69. The van der Waals surface area contributed by atoms with Gasteiger partial charge in [0.25, 0.3) is 0 Å². The van der Waals surface area contributed by atoms with Crippen molar-refractivity contribution in [3.05, 3.63) is 0 Å². The summed E-state index contributed by atoms with van der Waals surface area (Å²) < 4.78 is 0. The Morgan fingerprint density at radius 2 is 2.44 bits per heavy atom. The highest BCUT2D eigenvalue weighted by Crippen LogP contribution is 2.17. The monoisotopic (exact) mass is 124 g/mol. The fourth-order valence-corrected chi connectivity index (χ4v) is 1.43. The fourth-order valence-electron chi connectivity index (χ4n) is 1.43. The first-order valence-corrected chi connectivity index (χ1v) is 3.90. The maximum atomic E-state index is 2.41. The molecule has 0 aromatic rings. The largest absolute Gasteiger partial charge is 0.347 e. The van der Waals surface area contributed by atoms with Crippen LogP contribution >= 0.6 is 0 Å². The smallest absolute Gasteiger partial charge is 0.205 e. The summed E-state index contributed by atoms with van der Waals surface area (Å²) in [5.74, 6) is 0.973. The SMILES string of the molecule is C[B]N1CCC(CC)C1. The molecule has 1 radical (unpaired) electrons. The van der Waals surface area contributed by atoms with Crippen LogP contribution in [0.25, 0.3) is 0 Å². The van der Waals surface area contributed by atoms with Crippen molar-refractivity contribution in [3.8, 4) is 0 Å². The minimum atomic E-state index is 0.973. The van der Waals surface area contributed by atoms with Gasteiger partial charge in [0.2, 0.25) is 7.41 Å². The van der Waals surface area contributed by atoms with Crippen LogP contribution in [0.1, 0.15) is 19.8 Å². The van der Waals surface area contributed by atoms with Gasteiger partial charge >= 0.3 is 0 Å². The van der Waals surface area contributed by atoms with Crippen LogP contribution in [0.5, 0.6) is 0 Å². The molecule has 1 nitrogen and oxygen atoms in total. The first-order chi connectivity index (χ1) is 4.36. The van der Waals surface area contributed by atoms with Gasteiger partial charge in [-0.3, -0.25) is 0 Å². The summed E-state index contributed by atoms with van der Waals surface area (Å²) in [6.45, 7) is 6.99. The van der Waals surface area contributed by atoms with Crippen molar-refractivity contribution < 1.29 is 0 Å². The highest BCUT2D eigenvalue weighted by atomic mass is 15.1. The summed E-state index contributed by atoms with van der Waals surface area (Å²) in [5.41, 5.74) is 0. The van der Waals surface area contributed by atoms with Crippen molar-refractivity contribution in [2.24, 2.45) is 5.92 Å². The molecule has 1 aliphatic heterocycles. The van der Waals surface area contributed by atoms with Crippen LogP contribution in [-0.2, 0) is 0 Å². The van der Waals surface area contributed by atoms with Gasteiger partial charge in [-0.05, 0) is 25.4 Å². The fraction of sp³-hybridized carbons (Fsp3) is 1.00. The Morgan fingerprint density at radius 1 is 1.67 bits per heavy atom. The van der Waals surface area contributed by atoms with Crippen molar-refractivity contribution in [3.63, 3.8) is 0 Å². The van der Waals surface area contributed by atoms with E-state index in [4.69, 9.17) is 0 Å². The van der Waals surface area contributed by atoms with Crippen molar-refractivity contribution in [2.45, 2.75) is 26.6 Å². The molecule has 0 aliphatic carbocycles. The lowest BCUT2D eigenvalue weighted by atomic mass is 9.97. The van der Waals surface area contributed by atoms with Gasteiger partial charge in [0.1, 0.15) is 0 Å². The van der Waals surface area contributed by atoms with E-state index in [1.165, 1.54) is 25.9 Å². The molecule has 0 spiro atoms. The third-order valence-electron chi connectivity index (χ3n) is 2.26. The molecule has 51 valence electrons. The molecule has 1 heterocycles. The number of rotatable bonds is 2. The quantitative estimate of drug-likeness (QED) is 0.502. The molecule has 0 aromatic carbocycles. The van der Waals surface area contributed by atoms with E-state index in [1.807, 2.05) is 0 Å². The molecule has 0 saturated carbocycles. The van der Waals surface area contributed by atoms with Gasteiger partial charge in [-0.25, -0.2) is 0 Å². The van der Waals surface area contributed by atoms with Crippen LogP contribution in [-0.4, -0.2) is 25.3 Å². The van der Waals surface area contributed by atoms with Gasteiger partial charge in [-0.1, -0.05) is 20.2 Å². The van der Waals surface area contributed by atoms with Gasteiger partial charge in [0, 0.05) is 0 Å². The molecule has 1 saturated heterocycles. The molecule has 1 aliphatic rings. The molecule has 1 unspecified atom stereocenters. The third-order valence-corrected chi connectivity index (χ3v) is 2.26. The molecule has 0 bridgehead atoms. The van der Waals surface area contributed by atoms with Crippen LogP contribution in [0.4, 0.5) is 0 Å². The molecule has 1 atom stereocenters. The standard InChI is InChI=1S/C7H15BN/c1-3-7-4-5-9(6-7)8-2/h7H,3-6H2,1-2H3. The summed E-state index contributed by atoms with van der Waals surface area (Å²) in [7, 11) is 2.20. The van der Waals surface area contributed by atoms with Gasteiger partial charge in [0.15, 0.2) is 0 Å². The molecule has 0 amide bonds. The van der Waals surface area contributed by atoms with E-state index in [1.54, 1.807) is 0 Å². The highest BCUT2D eigenvalue weighted by molar-refractivity contribution is 6.29. The summed E-state index contributed by atoms with van der Waals surface area (Å²) in [4.78, 5) is 2.41. The second-order valence-electron chi connectivity index (χ2n) is 2.82. The van der Waals surface area contributed by atoms with Crippen LogP contribution < -0.4 is 0 Å². The second-order valence-corrected chi connectivity index (χ2v) is 2.82. The zero-order valence-electron chi connectivity index (χ0n) is 6.43. The van der Waals surface area contributed by atoms with Crippen LogP contribution in [0, 0.1) is 5.92 Å². The van der Waals surface area contributed by atoms with Crippen molar-refractivity contribution in [1.82, 2.24) is 4.81 Å². The molecular weight excluding hydrogens is 109 g/mol. The Bertz CT molecular complexity index is 75.0. The van der Waals surface area contributed by atoms with Crippen LogP contribution in [0.15, 0.2) is 0 Å². The maximum absolute atomic E-state index is 2.41. The van der Waals surface area contributed by atoms with Crippen molar-refractivity contribution in [2.75, 3.05) is 13.1 Å². The van der Waals surface area contributed by atoms with Crippen LogP contribution in [0.2, 0.25) is 6.82 Å². The summed E-state index contributed by atoms with van der Waals surface area (Å²) in [5, 5.41) is 0. The lowest BCUT2D eigenvalue weighted by Gasteiger charge is -2.10. The van der Waals surface area contributed by atoms with Crippen molar-refractivity contribution >= 4 is 7.41 Å². The molecule has 0 aromatic heterocycles. The van der Waals surface area contributed by atoms with E-state index in [-0.39, 0.29) is 0 Å². The minimum absolute atomic E-state index is 0.973. The number of hydrogen-bond acceptors (Lipinski definition) is 1. The highest BCUT2D eigenvalue weighted by Gasteiger charge is 2.18. The topological polar surface area (TPSA) is 3.24 Å². The van der Waals surface area contributed by atoms with Gasteiger partial charge in [-0.2, -0.15) is 0 Å². The Morgan fingerprint density at radius 3 is 2.78 bits per heavy atom. The van der Waals surface area contributed by atoms with Crippen molar-refractivity contribution in [1.29, 1.82) is 0 Å². The minimum Gasteiger partial charge on any atom is -0.347 e. The molecule has 9 heavy (non-hydrogen) atoms. The molecule has 2 heteroatoms. The Labute approximate surface area is 58.7 Å². The van der Waals surface area contributed by atoms with E-state index in [2.05, 4.69) is 26.0 Å². The lowest BCUT2D eigenvalue weighted by Crippen LogP contribution is -2.22. The number of nitrogens with zero attached hydrogens (tertiary/aromatic N) is 1. The summed E-state index contributed by atoms with van der Waals surface area (Å²) in [6, 6.07) is 0. The molecule has 0 N–H and O–H groups in total. The zero-order valence-corrected chi connectivity index (χ0v) is 6.43. The normalized spacial score (nSPS) is 28.9. The second kappa shape index (κ2) is 3.26. The average molecular weight is 124 g/mol. The summed E-state index contributed by atoms with van der Waals surface area (Å²) in [6.07, 6.45) is 2.76. The van der Waals surface area contributed by atoms with Gasteiger partial charge in [-0.15, -0.1) is 0 Å². The van der Waals surface area contributed by atoms with E-state index in [0.717, 1.165) is 5.92 Å². The maximum Gasteiger partial charge on any atom is 0.205 e. The molecule has 1 fully saturated rings. The molecule has 1 rings (SSSR count). The third kappa shape index (κ3) is 1.72. The first kappa shape index (κ1) is 7.14. The average Bonchev–Trinajstić information content (AvgIpc) is 2.34. The molecular formula is C7H15BN. The first-order valence-electron chi connectivity index (χ1n) is 3.90. The van der Waals surface area contributed by atoms with E-state index < -0.39 is 0 Å². The Hall–Kier alpha value is 0.0249. The van der Waals surface area contributed by atoms with Crippen LogP contribution in [0.3, 0.4) is 0 Å². The Balaban J connectivity index is 2.20. The summed E-state index contributed by atoms with van der Waals surface area (Å²) >= 11 is 0. The predicted octanol–water partition coefficient (Wildman–Crippen LogP) is 1.39. The predicted molar refractivity (Wildman–Crippen MR) is 41.6 cm³/mol. The van der Waals surface area contributed by atoms with E-state index in [9.17, 15) is 0 Å². The van der Waals surface area contributed by atoms with Gasteiger partial charge in [0.05, 0.1) is 0 Å². The van der Waals surface area contributed by atoms with E-state index >= 15 is 0 Å². The van der Waals surface area contributed by atoms with Gasteiger partial charge < -0.3 is 4.81 Å². The van der Waals surface area contributed by atoms with E-state index in [0.29, 0.717) is 0 Å². The Kier molecular flexibility index (Phi) is 2.58.